The van der Waals surface area contributed by atoms with Crippen molar-refractivity contribution in [1.82, 2.24) is 19.9 Å². The molecule has 0 atom stereocenters. The predicted octanol–water partition coefficient (Wildman–Crippen LogP) is 2.30. The van der Waals surface area contributed by atoms with Crippen LogP contribution >= 0.6 is 7.82 Å². The largest absolute Gasteiger partial charge is 0.471 e. The summed E-state index contributed by atoms with van der Waals surface area (Å²) in [4.78, 5) is 34.2. The number of phosphoric acid groups is 1. The molecule has 1 aromatic carbocycles. The number of ether oxygens (including phenoxy) is 1. The van der Waals surface area contributed by atoms with Crippen LogP contribution in [0.2, 0.25) is 0 Å². The summed E-state index contributed by atoms with van der Waals surface area (Å²) in [6, 6.07) is 2.20. The lowest BCUT2D eigenvalue weighted by Crippen LogP contribution is -2.09. The molecule has 3 heterocycles. The van der Waals surface area contributed by atoms with Crippen LogP contribution in [0, 0.1) is 5.82 Å². The van der Waals surface area contributed by atoms with Crippen LogP contribution in [0.5, 0.6) is 0 Å². The highest BCUT2D eigenvalue weighted by atomic mass is 31.2. The van der Waals surface area contributed by atoms with Crippen LogP contribution in [-0.4, -0.2) is 42.3 Å². The molecule has 0 aliphatic carbocycles. The van der Waals surface area contributed by atoms with Gasteiger partial charge in [-0.25, -0.2) is 18.4 Å². The number of nitrogens with zero attached hydrogens (tertiary/aromatic N) is 4. The number of phosphoric ester groups is 1. The number of carbonyl (C=O) groups is 1. The Hall–Kier alpha value is -3.84. The maximum absolute atomic E-state index is 14.9. The van der Waals surface area contributed by atoms with Gasteiger partial charge in [-0.15, -0.1) is 0 Å². The fourth-order valence-corrected chi connectivity index (χ4v) is 3.51. The highest BCUT2D eigenvalue weighted by Gasteiger charge is 2.24. The number of pyridine rings is 1. The maximum Gasteiger partial charge on any atom is 0.471 e. The van der Waals surface area contributed by atoms with E-state index in [1.807, 2.05) is 0 Å². The Labute approximate surface area is 190 Å². The van der Waals surface area contributed by atoms with E-state index in [1.165, 1.54) is 24.7 Å². The molecule has 34 heavy (non-hydrogen) atoms. The molecule has 3 aromatic heterocycles. The molecule has 0 aliphatic heterocycles. The molecule has 4 aromatic rings. The summed E-state index contributed by atoms with van der Waals surface area (Å²) < 4.78 is 41.7. The molecule has 0 fully saturated rings. The average molecular weight is 492 g/mol. The number of halogens is 1. The summed E-state index contributed by atoms with van der Waals surface area (Å²) in [5.41, 5.74) is 12.5. The third-order valence-electron chi connectivity index (χ3n) is 4.71. The topological polar surface area (TPSA) is 202 Å². The first-order chi connectivity index (χ1) is 16.1. The second-order valence-corrected chi connectivity index (χ2v) is 8.19. The first kappa shape index (κ1) is 23.3. The standard InChI is InChI=1S/C19H18FN6O7P/c1-2-31-19(27)11-3-10(13(20)4-14(11)21)16-15-17(33-25-18(15)22)12(6-23-16)9-5-24-26(7-9)8-32-34(28,29)30/h3-7H,2,8,21H2,1H3,(H2,22,25)(H2,28,29,30). The Morgan fingerprint density at radius 3 is 2.74 bits per heavy atom. The SMILES string of the molecule is CCOC(=O)c1cc(-c2ncc(-c3cnn(COP(=O)(O)O)c3)c3onc(N)c23)c(F)cc1N. The summed E-state index contributed by atoms with van der Waals surface area (Å²) in [7, 11) is -4.69. The van der Waals surface area contributed by atoms with Gasteiger partial charge < -0.3 is 30.5 Å². The minimum absolute atomic E-state index is 0.0429. The lowest BCUT2D eigenvalue weighted by atomic mass is 10.0. The molecule has 178 valence electrons. The van der Waals surface area contributed by atoms with Crippen LogP contribution in [0.3, 0.4) is 0 Å². The summed E-state index contributed by atoms with van der Waals surface area (Å²) in [6.45, 7) is 1.22. The van der Waals surface area contributed by atoms with Crippen molar-refractivity contribution in [3.05, 3.63) is 42.1 Å². The number of rotatable bonds is 7. The molecule has 15 heteroatoms. The number of nitrogens with two attached hydrogens (primary N) is 2. The van der Waals surface area contributed by atoms with Crippen LogP contribution in [0.15, 0.2) is 35.2 Å². The van der Waals surface area contributed by atoms with Crippen molar-refractivity contribution < 1.29 is 37.3 Å². The van der Waals surface area contributed by atoms with E-state index in [0.29, 0.717) is 11.1 Å². The summed E-state index contributed by atoms with van der Waals surface area (Å²) >= 11 is 0. The molecule has 6 N–H and O–H groups in total. The van der Waals surface area contributed by atoms with E-state index in [2.05, 4.69) is 19.8 Å². The van der Waals surface area contributed by atoms with Crippen molar-refractivity contribution in [2.45, 2.75) is 13.7 Å². The number of nitrogen functional groups attached to an aromatic ring is 2. The van der Waals surface area contributed by atoms with Gasteiger partial charge in [-0.1, -0.05) is 5.16 Å². The van der Waals surface area contributed by atoms with Crippen LogP contribution in [-0.2, 0) is 20.6 Å². The van der Waals surface area contributed by atoms with Crippen molar-refractivity contribution in [1.29, 1.82) is 0 Å². The molecular weight excluding hydrogens is 474 g/mol. The van der Waals surface area contributed by atoms with Gasteiger partial charge in [0, 0.05) is 34.8 Å². The zero-order chi connectivity index (χ0) is 24.6. The predicted molar refractivity (Wildman–Crippen MR) is 116 cm³/mol. The fourth-order valence-electron chi connectivity index (χ4n) is 3.24. The second-order valence-electron chi connectivity index (χ2n) is 6.95. The van der Waals surface area contributed by atoms with Crippen molar-refractivity contribution in [2.24, 2.45) is 0 Å². The number of benzene rings is 1. The van der Waals surface area contributed by atoms with E-state index in [0.717, 1.165) is 10.7 Å². The van der Waals surface area contributed by atoms with Gasteiger partial charge in [-0.05, 0) is 19.1 Å². The molecule has 0 bridgehead atoms. The van der Waals surface area contributed by atoms with Crippen molar-refractivity contribution in [3.63, 3.8) is 0 Å². The quantitative estimate of drug-likeness (QED) is 0.167. The third-order valence-corrected chi connectivity index (χ3v) is 5.17. The summed E-state index contributed by atoms with van der Waals surface area (Å²) in [5.74, 6) is -1.56. The van der Waals surface area contributed by atoms with E-state index in [-0.39, 0.29) is 45.9 Å². The number of fused-ring (bicyclic) bond motifs is 1. The highest BCUT2D eigenvalue weighted by molar-refractivity contribution is 7.46. The lowest BCUT2D eigenvalue weighted by molar-refractivity contribution is 0.0527. The number of hydrogen-bond acceptors (Lipinski definition) is 10. The van der Waals surface area contributed by atoms with Crippen LogP contribution in [0.1, 0.15) is 17.3 Å². The van der Waals surface area contributed by atoms with E-state index in [9.17, 15) is 13.8 Å². The summed E-state index contributed by atoms with van der Waals surface area (Å²) in [5, 5.41) is 7.89. The Morgan fingerprint density at radius 1 is 1.26 bits per heavy atom. The molecule has 0 radical (unpaired) electrons. The first-order valence-corrected chi connectivity index (χ1v) is 11.1. The molecule has 0 unspecified atom stereocenters. The molecular formula is C19H18FN6O7P. The maximum atomic E-state index is 14.9. The van der Waals surface area contributed by atoms with E-state index < -0.39 is 26.3 Å². The number of hydrogen-bond donors (Lipinski definition) is 4. The minimum atomic E-state index is -4.69. The van der Waals surface area contributed by atoms with Crippen molar-refractivity contribution in [3.8, 4) is 22.4 Å². The lowest BCUT2D eigenvalue weighted by Gasteiger charge is -2.11. The monoisotopic (exact) mass is 492 g/mol. The van der Waals surface area contributed by atoms with Gasteiger partial charge in [0.15, 0.2) is 18.1 Å². The molecule has 0 saturated heterocycles. The van der Waals surface area contributed by atoms with Gasteiger partial charge in [0.25, 0.3) is 0 Å². The van der Waals surface area contributed by atoms with E-state index >= 15 is 0 Å². The minimum Gasteiger partial charge on any atom is -0.462 e. The first-order valence-electron chi connectivity index (χ1n) is 9.62. The molecule has 0 amide bonds. The Balaban J connectivity index is 1.81. The smallest absolute Gasteiger partial charge is 0.462 e. The van der Waals surface area contributed by atoms with Crippen LogP contribution in [0.25, 0.3) is 33.4 Å². The van der Waals surface area contributed by atoms with Gasteiger partial charge in [-0.3, -0.25) is 9.51 Å². The van der Waals surface area contributed by atoms with Gasteiger partial charge in [0.05, 0.1) is 29.4 Å². The number of esters is 1. The molecule has 0 aliphatic rings. The zero-order valence-corrected chi connectivity index (χ0v) is 18.4. The van der Waals surface area contributed by atoms with E-state index in [1.54, 1.807) is 6.92 Å². The highest BCUT2D eigenvalue weighted by Crippen LogP contribution is 2.39. The van der Waals surface area contributed by atoms with Crippen LogP contribution < -0.4 is 11.5 Å². The molecule has 0 spiro atoms. The van der Waals surface area contributed by atoms with Gasteiger partial charge >= 0.3 is 13.8 Å². The summed E-state index contributed by atoms with van der Waals surface area (Å²) in [6.07, 6.45) is 4.15. The average Bonchev–Trinajstić information content (AvgIpc) is 3.39. The third kappa shape index (κ3) is 4.47. The number of aromatic nitrogens is 4. The number of anilines is 2. The van der Waals surface area contributed by atoms with Gasteiger partial charge in [-0.2, -0.15) is 5.10 Å². The van der Waals surface area contributed by atoms with Crippen molar-refractivity contribution >= 4 is 36.3 Å². The second kappa shape index (κ2) is 8.83. The normalized spacial score (nSPS) is 11.8. The van der Waals surface area contributed by atoms with Crippen LogP contribution in [0.4, 0.5) is 15.9 Å². The molecule has 0 saturated carbocycles. The fraction of sp³-hybridized carbons (Fsp3) is 0.158. The molecule has 13 nitrogen and oxygen atoms in total. The Bertz CT molecular complexity index is 1450. The van der Waals surface area contributed by atoms with Gasteiger partial charge in [0.1, 0.15) is 5.82 Å². The number of carbonyl (C=O) groups excluding carboxylic acids is 1. The molecule has 4 rings (SSSR count). The Morgan fingerprint density at radius 2 is 2.03 bits per heavy atom. The zero-order valence-electron chi connectivity index (χ0n) is 17.5. The van der Waals surface area contributed by atoms with Gasteiger partial charge in [0.2, 0.25) is 0 Å². The Kier molecular flexibility index (Phi) is 6.06. The van der Waals surface area contributed by atoms with E-state index in [4.69, 9.17) is 30.5 Å². The van der Waals surface area contributed by atoms with Crippen molar-refractivity contribution in [2.75, 3.05) is 18.1 Å².